The molecule has 2 atom stereocenters. The van der Waals surface area contributed by atoms with Crippen LogP contribution in [0, 0.1) is 11.3 Å². The van der Waals surface area contributed by atoms with Gasteiger partial charge >= 0.3 is 0 Å². The van der Waals surface area contributed by atoms with E-state index in [4.69, 9.17) is 5.73 Å². The summed E-state index contributed by atoms with van der Waals surface area (Å²) in [6.45, 7) is 6.48. The van der Waals surface area contributed by atoms with Crippen molar-refractivity contribution in [1.82, 2.24) is 4.90 Å². The average molecular weight is 271 g/mol. The quantitative estimate of drug-likeness (QED) is 0.663. The Morgan fingerprint density at radius 1 is 1.30 bits per heavy atom. The molecule has 3 heteroatoms. The van der Waals surface area contributed by atoms with Crippen LogP contribution in [0.5, 0.6) is 0 Å². The van der Waals surface area contributed by atoms with Crippen LogP contribution in [0.25, 0.3) is 0 Å². The van der Waals surface area contributed by atoms with Gasteiger partial charge in [0, 0.05) is 12.6 Å². The lowest BCUT2D eigenvalue weighted by Crippen LogP contribution is -2.41. The normalized spacial score (nSPS) is 28.7. The minimum Gasteiger partial charge on any atom is -0.370 e. The van der Waals surface area contributed by atoms with Crippen LogP contribution in [0.1, 0.15) is 38.7 Å². The Morgan fingerprint density at radius 3 is 2.80 bits per heavy atom. The second-order valence-electron chi connectivity index (χ2n) is 6.88. The molecule has 1 heterocycles. The van der Waals surface area contributed by atoms with Crippen LogP contribution < -0.4 is 5.73 Å². The molecule has 3 rings (SSSR count). The van der Waals surface area contributed by atoms with Crippen LogP contribution in [-0.2, 0) is 6.54 Å². The van der Waals surface area contributed by atoms with Crippen molar-refractivity contribution in [3.63, 3.8) is 0 Å². The van der Waals surface area contributed by atoms with Crippen molar-refractivity contribution in [2.75, 3.05) is 6.54 Å². The van der Waals surface area contributed by atoms with E-state index in [0.29, 0.717) is 18.0 Å². The second kappa shape index (κ2) is 5.12. The van der Waals surface area contributed by atoms with Gasteiger partial charge in [-0.3, -0.25) is 0 Å². The van der Waals surface area contributed by atoms with E-state index in [0.717, 1.165) is 18.4 Å². The molecular formula is C17H25N3. The number of hydrogen-bond acceptors (Lipinski definition) is 1. The molecule has 0 radical (unpaired) electrons. The van der Waals surface area contributed by atoms with Gasteiger partial charge in [0.25, 0.3) is 0 Å². The van der Waals surface area contributed by atoms with Crippen molar-refractivity contribution in [3.05, 3.63) is 35.9 Å². The van der Waals surface area contributed by atoms with Gasteiger partial charge in [-0.2, -0.15) is 0 Å². The molecule has 1 saturated carbocycles. The van der Waals surface area contributed by atoms with Crippen molar-refractivity contribution in [3.8, 4) is 0 Å². The maximum absolute atomic E-state index is 6.28. The second-order valence-corrected chi connectivity index (χ2v) is 6.88. The summed E-state index contributed by atoms with van der Waals surface area (Å²) < 4.78 is 0. The van der Waals surface area contributed by atoms with Crippen molar-refractivity contribution in [1.29, 1.82) is 0 Å². The standard InChI is InChI=1S/C17H25N3/c1-17(2)12-20(15-10-6-9-14(15)17)16(18)19-11-13-7-4-3-5-8-13/h3-5,7-8,14-15H,6,9-12H2,1-2H3,(H2,18,19). The van der Waals surface area contributed by atoms with Crippen molar-refractivity contribution < 1.29 is 0 Å². The Morgan fingerprint density at radius 2 is 2.05 bits per heavy atom. The van der Waals surface area contributed by atoms with Gasteiger partial charge in [0.05, 0.1) is 6.54 Å². The van der Waals surface area contributed by atoms with E-state index < -0.39 is 0 Å². The maximum atomic E-state index is 6.28. The van der Waals surface area contributed by atoms with Crippen LogP contribution in [-0.4, -0.2) is 23.4 Å². The van der Waals surface area contributed by atoms with Crippen LogP contribution in [0.3, 0.4) is 0 Å². The molecule has 0 amide bonds. The number of fused-ring (bicyclic) bond motifs is 1. The van der Waals surface area contributed by atoms with E-state index in [-0.39, 0.29) is 0 Å². The zero-order valence-corrected chi connectivity index (χ0v) is 12.5. The minimum absolute atomic E-state index is 0.369. The predicted octanol–water partition coefficient (Wildman–Crippen LogP) is 3.01. The van der Waals surface area contributed by atoms with E-state index in [2.05, 4.69) is 35.9 Å². The zero-order chi connectivity index (χ0) is 14.2. The predicted molar refractivity (Wildman–Crippen MR) is 83.4 cm³/mol. The number of nitrogens with zero attached hydrogens (tertiary/aromatic N) is 2. The topological polar surface area (TPSA) is 41.6 Å². The summed E-state index contributed by atoms with van der Waals surface area (Å²) in [5.41, 5.74) is 7.87. The third-order valence-electron chi connectivity index (χ3n) is 5.02. The molecule has 20 heavy (non-hydrogen) atoms. The van der Waals surface area contributed by atoms with Crippen molar-refractivity contribution >= 4 is 5.96 Å². The molecular weight excluding hydrogens is 246 g/mol. The SMILES string of the molecule is CC1(C)CN(C(N)=NCc2ccccc2)C2CCCC21. The first-order chi connectivity index (χ1) is 9.58. The van der Waals surface area contributed by atoms with Gasteiger partial charge in [0.1, 0.15) is 0 Å². The van der Waals surface area contributed by atoms with Crippen LogP contribution in [0.15, 0.2) is 35.3 Å². The van der Waals surface area contributed by atoms with Gasteiger partial charge in [-0.15, -0.1) is 0 Å². The summed E-state index contributed by atoms with van der Waals surface area (Å²) in [7, 11) is 0. The van der Waals surface area contributed by atoms with Gasteiger partial charge in [-0.05, 0) is 29.7 Å². The summed E-state index contributed by atoms with van der Waals surface area (Å²) in [5, 5.41) is 0. The molecule has 0 aromatic heterocycles. The number of nitrogens with two attached hydrogens (primary N) is 1. The molecule has 1 aliphatic heterocycles. The largest absolute Gasteiger partial charge is 0.370 e. The summed E-state index contributed by atoms with van der Waals surface area (Å²) in [5.74, 6) is 1.52. The average Bonchev–Trinajstić information content (AvgIpc) is 3.01. The molecule has 2 unspecified atom stereocenters. The van der Waals surface area contributed by atoms with Crippen LogP contribution in [0.4, 0.5) is 0 Å². The van der Waals surface area contributed by atoms with Gasteiger partial charge in [0.15, 0.2) is 5.96 Å². The number of likely N-dealkylation sites (tertiary alicyclic amines) is 1. The fourth-order valence-corrected chi connectivity index (χ4v) is 4.00. The molecule has 1 aliphatic carbocycles. The highest BCUT2D eigenvalue weighted by Crippen LogP contribution is 2.48. The Kier molecular flexibility index (Phi) is 3.45. The summed E-state index contributed by atoms with van der Waals surface area (Å²) in [4.78, 5) is 6.98. The molecule has 1 aromatic rings. The smallest absolute Gasteiger partial charge is 0.191 e. The number of rotatable bonds is 2. The van der Waals surface area contributed by atoms with Crippen LogP contribution >= 0.6 is 0 Å². The fraction of sp³-hybridized carbons (Fsp3) is 0.588. The molecule has 3 nitrogen and oxygen atoms in total. The molecule has 1 aromatic carbocycles. The minimum atomic E-state index is 0.369. The molecule has 2 aliphatic rings. The first-order valence-electron chi connectivity index (χ1n) is 7.68. The van der Waals surface area contributed by atoms with Crippen LogP contribution in [0.2, 0.25) is 0 Å². The monoisotopic (exact) mass is 271 g/mol. The Hall–Kier alpha value is -1.51. The number of benzene rings is 1. The van der Waals surface area contributed by atoms with Gasteiger partial charge in [0.2, 0.25) is 0 Å². The van der Waals surface area contributed by atoms with Crippen molar-refractivity contribution in [2.45, 2.75) is 45.7 Å². The van der Waals surface area contributed by atoms with E-state index in [9.17, 15) is 0 Å². The first-order valence-corrected chi connectivity index (χ1v) is 7.68. The van der Waals surface area contributed by atoms with E-state index in [1.807, 2.05) is 18.2 Å². The lowest BCUT2D eigenvalue weighted by atomic mass is 9.80. The highest BCUT2D eigenvalue weighted by Gasteiger charge is 2.49. The zero-order valence-electron chi connectivity index (χ0n) is 12.5. The third-order valence-corrected chi connectivity index (χ3v) is 5.02. The van der Waals surface area contributed by atoms with E-state index in [1.165, 1.54) is 24.8 Å². The Labute approximate surface area is 121 Å². The number of aliphatic imine (C=N–C) groups is 1. The molecule has 1 saturated heterocycles. The first kappa shape index (κ1) is 13.5. The molecule has 2 fully saturated rings. The van der Waals surface area contributed by atoms with Gasteiger partial charge < -0.3 is 10.6 Å². The molecule has 0 bridgehead atoms. The lowest BCUT2D eigenvalue weighted by molar-refractivity contribution is 0.277. The summed E-state index contributed by atoms with van der Waals surface area (Å²) in [6, 6.07) is 10.9. The van der Waals surface area contributed by atoms with E-state index in [1.54, 1.807) is 0 Å². The van der Waals surface area contributed by atoms with E-state index >= 15 is 0 Å². The number of guanidine groups is 1. The summed E-state index contributed by atoms with van der Waals surface area (Å²) >= 11 is 0. The Balaban J connectivity index is 1.72. The highest BCUT2D eigenvalue weighted by atomic mass is 15.3. The lowest BCUT2D eigenvalue weighted by Gasteiger charge is -2.24. The Bertz CT molecular complexity index is 492. The summed E-state index contributed by atoms with van der Waals surface area (Å²) in [6.07, 6.45) is 3.96. The molecule has 2 N–H and O–H groups in total. The molecule has 108 valence electrons. The molecule has 0 spiro atoms. The van der Waals surface area contributed by atoms with Crippen molar-refractivity contribution in [2.24, 2.45) is 22.1 Å². The van der Waals surface area contributed by atoms with Gasteiger partial charge in [-0.25, -0.2) is 4.99 Å². The fourth-order valence-electron chi connectivity index (χ4n) is 4.00. The number of hydrogen-bond donors (Lipinski definition) is 1. The van der Waals surface area contributed by atoms with Gasteiger partial charge in [-0.1, -0.05) is 50.6 Å². The maximum Gasteiger partial charge on any atom is 0.191 e. The highest BCUT2D eigenvalue weighted by molar-refractivity contribution is 5.79. The third kappa shape index (κ3) is 2.41.